The fourth-order valence-electron chi connectivity index (χ4n) is 10.4. The Morgan fingerprint density at radius 1 is 0.580 bits per heavy atom. The molecule has 4 aliphatic heterocycles. The largest absolute Gasteiger partial charge is 0.478 e. The molecule has 6 fully saturated rings. The summed E-state index contributed by atoms with van der Waals surface area (Å²) in [4.78, 5) is 55.6. The molecule has 0 unspecified atom stereocenters. The smallest absolute Gasteiger partial charge is 0.410 e. The van der Waals surface area contributed by atoms with E-state index in [0.29, 0.717) is 29.9 Å². The number of rotatable bonds is 12. The molecule has 2 saturated carbocycles. The Balaban J connectivity index is 0.000000158. The summed E-state index contributed by atoms with van der Waals surface area (Å²) in [5.74, 6) is 1.84. The second kappa shape index (κ2) is 24.0. The first kappa shape index (κ1) is 59.5. The molecule has 4 saturated heterocycles. The molecule has 436 valence electrons. The first-order valence-corrected chi connectivity index (χ1v) is 31.9. The van der Waals surface area contributed by atoms with Crippen molar-refractivity contribution in [2.75, 3.05) is 71.0 Å². The molecule has 6 aliphatic rings. The summed E-state index contributed by atoms with van der Waals surface area (Å²) in [7, 11) is -7.07. The monoisotopic (exact) mass is 1210 g/mol. The number of amides is 2. The maximum Gasteiger partial charge on any atom is 0.410 e. The standard InChI is InChI=1S/C25H29ClN6O3S.C22H31N5O2.C8H8ClNO4S.ClH/c1-36(34,35)29-19-9-8-17(26)13-18(19)25(33)31-12-3-2-5-22(31)21-14-23-27-20(16-6-7-16)15-24(32(23)28-21)30-10-4-11-30;1-22(2,3)29-21(28)26-12-5-4-7-18(26)17-13-19-23-16(15-8-9-15)14-20(27(19)24-17)25-10-6-11-25;1-15(13,14)10-7-3-2-5(9)4-6(7)8(11)12;/h8-9,13-16,22,29H,2-7,10-12H2,1H3;13-15,18H,4-12H2,1-3H3;2-4,10H,1H3,(H,11,12);1H/t22-;18-;;/m00../s1. The third-order valence-corrected chi connectivity index (χ3v) is 16.5. The molecule has 2 aliphatic carbocycles. The van der Waals surface area contributed by atoms with Crippen molar-refractivity contribution in [3.8, 4) is 0 Å². The van der Waals surface area contributed by atoms with Crippen LogP contribution in [0.15, 0.2) is 60.7 Å². The van der Waals surface area contributed by atoms with Crippen LogP contribution in [0.4, 0.5) is 27.8 Å². The van der Waals surface area contributed by atoms with E-state index in [1.165, 1.54) is 74.6 Å². The number of carbonyl (C=O) groups excluding carboxylic acids is 2. The van der Waals surface area contributed by atoms with E-state index in [-0.39, 0.29) is 64.0 Å². The Morgan fingerprint density at radius 2 is 1.01 bits per heavy atom. The molecule has 0 spiro atoms. The lowest BCUT2D eigenvalue weighted by molar-refractivity contribution is 0.00893. The van der Waals surface area contributed by atoms with Gasteiger partial charge in [0, 0.05) is 96.8 Å². The number of aromatic nitrogens is 6. The zero-order valence-corrected chi connectivity index (χ0v) is 49.9. The van der Waals surface area contributed by atoms with Crippen LogP contribution in [0.25, 0.3) is 11.3 Å². The second-order valence-electron chi connectivity index (χ2n) is 22.6. The van der Waals surface area contributed by atoms with Crippen molar-refractivity contribution >= 4 is 108 Å². The Hall–Kier alpha value is -6.14. The number of ether oxygens (including phenoxy) is 1. The molecule has 0 bridgehead atoms. The third kappa shape index (κ3) is 14.4. The summed E-state index contributed by atoms with van der Waals surface area (Å²) in [5, 5.41) is 19.3. The summed E-state index contributed by atoms with van der Waals surface area (Å²) >= 11 is 11.8. The number of hydrogen-bond acceptors (Lipinski definition) is 14. The van der Waals surface area contributed by atoms with Crippen LogP contribution < -0.4 is 19.2 Å². The van der Waals surface area contributed by atoms with E-state index < -0.39 is 31.6 Å². The number of sulfonamides is 2. The maximum atomic E-state index is 13.8. The van der Waals surface area contributed by atoms with E-state index in [1.54, 1.807) is 11.0 Å². The molecule has 26 heteroatoms. The minimum Gasteiger partial charge on any atom is -0.478 e. The van der Waals surface area contributed by atoms with Crippen LogP contribution >= 0.6 is 35.6 Å². The van der Waals surface area contributed by atoms with E-state index >= 15 is 0 Å². The first-order valence-electron chi connectivity index (χ1n) is 27.3. The van der Waals surface area contributed by atoms with E-state index in [2.05, 4.69) is 37.4 Å². The Kier molecular flexibility index (Phi) is 17.6. The Labute approximate surface area is 488 Å². The number of hydrogen-bond donors (Lipinski definition) is 3. The molecule has 81 heavy (non-hydrogen) atoms. The molecule has 4 aromatic heterocycles. The molecule has 0 radical (unpaired) electrons. The Morgan fingerprint density at radius 3 is 1.42 bits per heavy atom. The highest BCUT2D eigenvalue weighted by molar-refractivity contribution is 7.92. The van der Waals surface area contributed by atoms with Gasteiger partial charge in [0.05, 0.1) is 58.5 Å². The van der Waals surface area contributed by atoms with Crippen LogP contribution in [-0.4, -0.2) is 136 Å². The normalized spacial score (nSPS) is 19.2. The number of anilines is 4. The highest BCUT2D eigenvalue weighted by Gasteiger charge is 2.37. The van der Waals surface area contributed by atoms with E-state index in [9.17, 15) is 31.2 Å². The van der Waals surface area contributed by atoms with E-state index in [1.807, 2.05) is 40.8 Å². The lowest BCUT2D eigenvalue weighted by Crippen LogP contribution is -2.42. The van der Waals surface area contributed by atoms with Crippen LogP contribution in [-0.2, 0) is 24.8 Å². The number of nitrogens with zero attached hydrogens (tertiary/aromatic N) is 10. The molecule has 2 aromatic carbocycles. The SMILES string of the molecule is CC(C)(C)OC(=O)N1CCCC[C@H]1c1cc2nc(C3CC3)cc(N3CCC3)n2n1.CS(=O)(=O)Nc1ccc(Cl)cc1C(=O)N1CCCC[C@H]1c1cc2nc(C3CC3)cc(N3CCC3)n2n1.CS(=O)(=O)Nc1ccc(Cl)cc1C(=O)O.Cl. The van der Waals surface area contributed by atoms with Gasteiger partial charge in [0.1, 0.15) is 17.2 Å². The molecular weight excluding hydrogens is 1140 g/mol. The van der Waals surface area contributed by atoms with Crippen molar-refractivity contribution in [1.29, 1.82) is 0 Å². The van der Waals surface area contributed by atoms with Crippen molar-refractivity contribution in [2.24, 2.45) is 0 Å². The van der Waals surface area contributed by atoms with E-state index in [4.69, 9.17) is 53.2 Å². The number of aromatic carboxylic acids is 1. The quantitative estimate of drug-likeness (QED) is 0.103. The lowest BCUT2D eigenvalue weighted by Gasteiger charge is -2.36. The average molecular weight is 1210 g/mol. The van der Waals surface area contributed by atoms with Gasteiger partial charge in [-0.05, 0) is 134 Å². The highest BCUT2D eigenvalue weighted by atomic mass is 35.5. The molecule has 12 rings (SSSR count). The van der Waals surface area contributed by atoms with Gasteiger partial charge in [0.2, 0.25) is 20.0 Å². The predicted octanol–water partition coefficient (Wildman–Crippen LogP) is 10.3. The maximum absolute atomic E-state index is 13.8. The zero-order valence-electron chi connectivity index (χ0n) is 46.0. The van der Waals surface area contributed by atoms with Gasteiger partial charge >= 0.3 is 12.1 Å². The summed E-state index contributed by atoms with van der Waals surface area (Å²) < 4.78 is 59.8. The fourth-order valence-corrected chi connectivity index (χ4v) is 11.9. The molecule has 6 aromatic rings. The minimum atomic E-state index is -3.57. The first-order chi connectivity index (χ1) is 37.9. The van der Waals surface area contributed by atoms with Crippen molar-refractivity contribution in [2.45, 2.75) is 127 Å². The lowest BCUT2D eigenvalue weighted by atomic mass is 9.98. The number of nitrogens with one attached hydrogen (secondary N) is 2. The number of piperidine rings is 2. The van der Waals surface area contributed by atoms with Crippen molar-refractivity contribution in [3.63, 3.8) is 0 Å². The predicted molar refractivity (Wildman–Crippen MR) is 315 cm³/mol. The van der Waals surface area contributed by atoms with Gasteiger partial charge in [-0.25, -0.2) is 36.4 Å². The fraction of sp³-hybridized carbons (Fsp3) is 0.509. The highest BCUT2D eigenvalue weighted by Crippen LogP contribution is 2.43. The summed E-state index contributed by atoms with van der Waals surface area (Å²) in [5.41, 5.74) is 5.55. The number of fused-ring (bicyclic) bond motifs is 2. The van der Waals surface area contributed by atoms with Crippen LogP contribution in [0.5, 0.6) is 0 Å². The molecular formula is C55H69Cl3N12O9S2. The number of carboxylic acid groups (broad SMARTS) is 1. The molecule has 21 nitrogen and oxygen atoms in total. The second-order valence-corrected chi connectivity index (χ2v) is 27.0. The molecule has 3 N–H and O–H groups in total. The average Bonchev–Trinajstić information content (AvgIpc) is 4.46. The number of benzene rings is 2. The van der Waals surface area contributed by atoms with Crippen LogP contribution in [0.3, 0.4) is 0 Å². The topological polar surface area (TPSA) is 246 Å². The van der Waals surface area contributed by atoms with Gasteiger partial charge in [0.15, 0.2) is 11.3 Å². The number of halogens is 3. The van der Waals surface area contributed by atoms with E-state index in [0.717, 1.165) is 117 Å². The van der Waals surface area contributed by atoms with Gasteiger partial charge in [0.25, 0.3) is 5.91 Å². The van der Waals surface area contributed by atoms with Crippen molar-refractivity contribution < 1.29 is 41.1 Å². The minimum absolute atomic E-state index is 0. The summed E-state index contributed by atoms with van der Waals surface area (Å²) in [6, 6.07) is 16.7. The van der Waals surface area contributed by atoms with Gasteiger partial charge < -0.3 is 24.5 Å². The van der Waals surface area contributed by atoms with Gasteiger partial charge in [-0.2, -0.15) is 19.2 Å². The number of carboxylic acids is 1. The van der Waals surface area contributed by atoms with Gasteiger partial charge in [-0.1, -0.05) is 23.2 Å². The zero-order chi connectivity index (χ0) is 56.8. The molecule has 2 atom stereocenters. The van der Waals surface area contributed by atoms with Crippen LogP contribution in [0, 0.1) is 0 Å². The van der Waals surface area contributed by atoms with Crippen LogP contribution in [0.2, 0.25) is 10.0 Å². The van der Waals surface area contributed by atoms with Crippen molar-refractivity contribution in [1.82, 2.24) is 39.0 Å². The summed E-state index contributed by atoms with van der Waals surface area (Å²) in [6.45, 7) is 11.2. The third-order valence-electron chi connectivity index (χ3n) is 14.8. The van der Waals surface area contributed by atoms with Crippen molar-refractivity contribution in [3.05, 3.63) is 105 Å². The summed E-state index contributed by atoms with van der Waals surface area (Å²) in [6.07, 6.45) is 14.6. The molecule has 8 heterocycles. The van der Waals surface area contributed by atoms with Crippen LogP contribution in [0.1, 0.15) is 165 Å². The number of carbonyl (C=O) groups is 3. The van der Waals surface area contributed by atoms with Gasteiger partial charge in [-0.3, -0.25) is 19.1 Å². The van der Waals surface area contributed by atoms with Gasteiger partial charge in [-0.15, -0.1) is 12.4 Å². The Bertz CT molecular complexity index is 3580. The molecule has 2 amide bonds. The number of likely N-dealkylation sites (tertiary alicyclic amines) is 2.